The smallest absolute Gasteiger partial charge is 0.326 e. The number of nitrogens with one attached hydrogen (secondary N) is 2. The van der Waals surface area contributed by atoms with E-state index >= 15 is 0 Å². The van der Waals surface area contributed by atoms with Crippen molar-refractivity contribution >= 4 is 41.4 Å². The molecular weight excluding hydrogens is 440 g/mol. The van der Waals surface area contributed by atoms with Crippen LogP contribution in [-0.2, 0) is 24.0 Å². The van der Waals surface area contributed by atoms with Crippen molar-refractivity contribution in [2.75, 3.05) is 18.6 Å². The Labute approximate surface area is 191 Å². The number of carboxylic acids is 2. The molecule has 5 unspecified atom stereocenters. The second-order valence-electron chi connectivity index (χ2n) is 7.95. The molecule has 1 aliphatic rings. The van der Waals surface area contributed by atoms with E-state index in [1.807, 2.05) is 6.26 Å². The minimum absolute atomic E-state index is 0.311. The molecule has 0 bridgehead atoms. The van der Waals surface area contributed by atoms with E-state index in [4.69, 9.17) is 10.8 Å². The van der Waals surface area contributed by atoms with E-state index in [9.17, 15) is 29.1 Å². The molecule has 182 valence electrons. The molecule has 1 saturated heterocycles. The lowest BCUT2D eigenvalue weighted by Crippen LogP contribution is -2.58. The largest absolute Gasteiger partial charge is 0.481 e. The Balaban J connectivity index is 2.92. The Morgan fingerprint density at radius 3 is 2.38 bits per heavy atom. The molecule has 0 aliphatic carbocycles. The normalized spacial score (nSPS) is 19.5. The minimum Gasteiger partial charge on any atom is -0.481 e. The van der Waals surface area contributed by atoms with Crippen LogP contribution in [-0.4, -0.2) is 87.5 Å². The monoisotopic (exact) mass is 474 g/mol. The highest BCUT2D eigenvalue weighted by molar-refractivity contribution is 7.98. The number of aliphatic carboxylic acids is 2. The molecule has 0 saturated carbocycles. The predicted molar refractivity (Wildman–Crippen MR) is 119 cm³/mol. The summed E-state index contributed by atoms with van der Waals surface area (Å²) in [5.41, 5.74) is 5.98. The number of amides is 3. The van der Waals surface area contributed by atoms with Crippen LogP contribution in [0.2, 0.25) is 0 Å². The van der Waals surface area contributed by atoms with Crippen LogP contribution in [0.15, 0.2) is 0 Å². The lowest BCUT2D eigenvalue weighted by molar-refractivity contribution is -0.147. The Kier molecular flexibility index (Phi) is 11.5. The fourth-order valence-electron chi connectivity index (χ4n) is 3.47. The molecule has 1 fully saturated rings. The van der Waals surface area contributed by atoms with Gasteiger partial charge in [-0.1, -0.05) is 20.3 Å². The number of hydrogen-bond donors (Lipinski definition) is 5. The van der Waals surface area contributed by atoms with Gasteiger partial charge in [0.05, 0.1) is 12.5 Å². The van der Waals surface area contributed by atoms with Crippen LogP contribution in [0.3, 0.4) is 0 Å². The first-order chi connectivity index (χ1) is 15.0. The van der Waals surface area contributed by atoms with Crippen LogP contribution in [0.25, 0.3) is 0 Å². The molecule has 1 aliphatic heterocycles. The molecule has 1 heterocycles. The highest BCUT2D eigenvalue weighted by Gasteiger charge is 2.38. The number of thioether (sulfide) groups is 1. The van der Waals surface area contributed by atoms with Gasteiger partial charge in [0.2, 0.25) is 17.7 Å². The van der Waals surface area contributed by atoms with E-state index < -0.39 is 54.3 Å². The van der Waals surface area contributed by atoms with E-state index in [0.29, 0.717) is 32.2 Å². The standard InChI is InChI=1S/C20H34N4O7S/c1-4-11(2)16(18(28)22-13(20(30)31)10-15(25)26)23-17(27)14-6-5-8-24(14)19(29)12(21)7-9-32-3/h11-14,16H,4-10,21H2,1-3H3,(H,22,28)(H,23,27)(H,25,26)(H,30,31). The van der Waals surface area contributed by atoms with Crippen molar-refractivity contribution in [3.05, 3.63) is 0 Å². The third-order valence-electron chi connectivity index (χ3n) is 5.58. The van der Waals surface area contributed by atoms with Gasteiger partial charge in [0, 0.05) is 6.54 Å². The zero-order valence-electron chi connectivity index (χ0n) is 18.7. The fourth-order valence-corrected chi connectivity index (χ4v) is 3.96. The number of rotatable bonds is 13. The van der Waals surface area contributed by atoms with E-state index in [-0.39, 0.29) is 11.8 Å². The maximum atomic E-state index is 13.0. The van der Waals surface area contributed by atoms with Gasteiger partial charge in [0.1, 0.15) is 18.1 Å². The lowest BCUT2D eigenvalue weighted by atomic mass is 9.97. The molecule has 0 aromatic rings. The maximum Gasteiger partial charge on any atom is 0.326 e. The van der Waals surface area contributed by atoms with Crippen molar-refractivity contribution in [3.63, 3.8) is 0 Å². The SMILES string of the molecule is CCC(C)C(NC(=O)C1CCCN1C(=O)C(N)CCSC)C(=O)NC(CC(=O)O)C(=O)O. The minimum atomic E-state index is -1.62. The average Bonchev–Trinajstić information content (AvgIpc) is 3.23. The average molecular weight is 475 g/mol. The molecule has 1 rings (SSSR count). The number of nitrogens with two attached hydrogens (primary N) is 1. The second-order valence-corrected chi connectivity index (χ2v) is 8.93. The molecule has 11 nitrogen and oxygen atoms in total. The van der Waals surface area contributed by atoms with E-state index in [2.05, 4.69) is 10.6 Å². The summed E-state index contributed by atoms with van der Waals surface area (Å²) < 4.78 is 0. The molecule has 0 aromatic carbocycles. The zero-order valence-corrected chi connectivity index (χ0v) is 19.5. The Hall–Kier alpha value is -2.34. The lowest BCUT2D eigenvalue weighted by Gasteiger charge is -2.30. The van der Waals surface area contributed by atoms with Crippen LogP contribution in [0.5, 0.6) is 0 Å². The Bertz CT molecular complexity index is 705. The van der Waals surface area contributed by atoms with Crippen molar-refractivity contribution in [2.45, 2.75) is 70.1 Å². The summed E-state index contributed by atoms with van der Waals surface area (Å²) >= 11 is 1.57. The van der Waals surface area contributed by atoms with Gasteiger partial charge < -0.3 is 31.5 Å². The number of likely N-dealkylation sites (tertiary alicyclic amines) is 1. The van der Waals surface area contributed by atoms with Crippen molar-refractivity contribution in [2.24, 2.45) is 11.7 Å². The third kappa shape index (κ3) is 7.97. The number of carbonyl (C=O) groups excluding carboxylic acids is 3. The van der Waals surface area contributed by atoms with Gasteiger partial charge in [-0.3, -0.25) is 19.2 Å². The number of hydrogen-bond acceptors (Lipinski definition) is 7. The summed E-state index contributed by atoms with van der Waals surface area (Å²) in [5.74, 6) is -4.11. The van der Waals surface area contributed by atoms with Gasteiger partial charge in [0.15, 0.2) is 0 Å². The van der Waals surface area contributed by atoms with E-state index in [0.717, 1.165) is 5.75 Å². The van der Waals surface area contributed by atoms with Crippen LogP contribution < -0.4 is 16.4 Å². The highest BCUT2D eigenvalue weighted by atomic mass is 32.2. The van der Waals surface area contributed by atoms with Crippen LogP contribution in [0.1, 0.15) is 46.0 Å². The quantitative estimate of drug-likeness (QED) is 0.238. The van der Waals surface area contributed by atoms with Crippen molar-refractivity contribution in [1.29, 1.82) is 0 Å². The molecule has 0 radical (unpaired) electrons. The molecule has 12 heteroatoms. The first-order valence-electron chi connectivity index (χ1n) is 10.6. The summed E-state index contributed by atoms with van der Waals surface area (Å²) in [6, 6.07) is -4.18. The van der Waals surface area contributed by atoms with E-state index in [1.54, 1.807) is 25.6 Å². The first-order valence-corrected chi connectivity index (χ1v) is 12.0. The van der Waals surface area contributed by atoms with Gasteiger partial charge in [-0.25, -0.2) is 4.79 Å². The van der Waals surface area contributed by atoms with Gasteiger partial charge >= 0.3 is 11.9 Å². The highest BCUT2D eigenvalue weighted by Crippen LogP contribution is 2.20. The topological polar surface area (TPSA) is 179 Å². The third-order valence-corrected chi connectivity index (χ3v) is 6.22. The zero-order chi connectivity index (χ0) is 24.4. The molecule has 0 spiro atoms. The van der Waals surface area contributed by atoms with Gasteiger partial charge in [-0.15, -0.1) is 0 Å². The van der Waals surface area contributed by atoms with Crippen molar-refractivity contribution in [3.8, 4) is 0 Å². The molecule has 5 atom stereocenters. The summed E-state index contributed by atoms with van der Waals surface area (Å²) in [7, 11) is 0. The van der Waals surface area contributed by atoms with Crippen LogP contribution in [0, 0.1) is 5.92 Å². The molecular formula is C20H34N4O7S. The molecule has 0 aromatic heterocycles. The molecule has 3 amide bonds. The summed E-state index contributed by atoms with van der Waals surface area (Å²) in [6.07, 6.45) is 3.16. The number of carboxylic acid groups (broad SMARTS) is 2. The summed E-state index contributed by atoms with van der Waals surface area (Å²) in [4.78, 5) is 62.1. The second kappa shape index (κ2) is 13.3. The fraction of sp³-hybridized carbons (Fsp3) is 0.750. The summed E-state index contributed by atoms with van der Waals surface area (Å²) in [5, 5.41) is 22.9. The number of carbonyl (C=O) groups is 5. The maximum absolute atomic E-state index is 13.0. The Morgan fingerprint density at radius 1 is 1.19 bits per heavy atom. The van der Waals surface area contributed by atoms with E-state index in [1.165, 1.54) is 4.90 Å². The molecule has 32 heavy (non-hydrogen) atoms. The number of nitrogens with zero attached hydrogens (tertiary/aromatic N) is 1. The summed E-state index contributed by atoms with van der Waals surface area (Å²) in [6.45, 7) is 3.91. The van der Waals surface area contributed by atoms with Gasteiger partial charge in [-0.2, -0.15) is 11.8 Å². The van der Waals surface area contributed by atoms with Crippen molar-refractivity contribution in [1.82, 2.24) is 15.5 Å². The van der Waals surface area contributed by atoms with Gasteiger partial charge in [-0.05, 0) is 37.2 Å². The molecule has 6 N–H and O–H groups in total. The predicted octanol–water partition coefficient (Wildman–Crippen LogP) is -0.367. The Morgan fingerprint density at radius 2 is 1.84 bits per heavy atom. The van der Waals surface area contributed by atoms with Gasteiger partial charge in [0.25, 0.3) is 0 Å². The van der Waals surface area contributed by atoms with Crippen molar-refractivity contribution < 1.29 is 34.2 Å². The first kappa shape index (κ1) is 27.7. The van der Waals surface area contributed by atoms with Crippen LogP contribution in [0.4, 0.5) is 0 Å². The van der Waals surface area contributed by atoms with Crippen LogP contribution >= 0.6 is 11.8 Å².